The lowest BCUT2D eigenvalue weighted by molar-refractivity contribution is 0.628. The van der Waals surface area contributed by atoms with Gasteiger partial charge in [-0.25, -0.2) is 4.39 Å². The summed E-state index contributed by atoms with van der Waals surface area (Å²) in [5.41, 5.74) is 7.52. The van der Waals surface area contributed by atoms with E-state index in [-0.39, 0.29) is 10.8 Å². The highest BCUT2D eigenvalue weighted by Crippen LogP contribution is 2.30. The lowest BCUT2D eigenvalue weighted by Crippen LogP contribution is -1.96. The lowest BCUT2D eigenvalue weighted by atomic mass is 10.2. The van der Waals surface area contributed by atoms with E-state index in [2.05, 4.69) is 5.32 Å². The van der Waals surface area contributed by atoms with Crippen LogP contribution in [-0.4, -0.2) is 0 Å². The van der Waals surface area contributed by atoms with Gasteiger partial charge < -0.3 is 11.1 Å². The third-order valence-electron chi connectivity index (χ3n) is 2.22. The summed E-state index contributed by atoms with van der Waals surface area (Å²) in [5, 5.41) is 3.84. The Kier molecular flexibility index (Phi) is 3.41. The standard InChI is InChI=1S/C12H9Cl2FN2/c13-7-1-3-10(16)12(5-7)17-11-4-2-8(15)6-9(11)14/h1-6,17H,16H2. The average Bonchev–Trinajstić information content (AvgIpc) is 2.27. The predicted molar refractivity (Wildman–Crippen MR) is 70.6 cm³/mol. The molecule has 0 aliphatic carbocycles. The maximum Gasteiger partial charge on any atom is 0.124 e. The Morgan fingerprint density at radius 2 is 1.76 bits per heavy atom. The van der Waals surface area contributed by atoms with E-state index in [1.807, 2.05) is 0 Å². The molecule has 0 spiro atoms. The van der Waals surface area contributed by atoms with Gasteiger partial charge in [0.25, 0.3) is 0 Å². The van der Waals surface area contributed by atoms with Gasteiger partial charge in [-0.15, -0.1) is 0 Å². The van der Waals surface area contributed by atoms with Gasteiger partial charge in [-0.2, -0.15) is 0 Å². The summed E-state index contributed by atoms with van der Waals surface area (Å²) in [7, 11) is 0. The molecule has 0 heterocycles. The molecule has 2 aromatic carbocycles. The molecule has 0 bridgehead atoms. The zero-order chi connectivity index (χ0) is 12.4. The highest BCUT2D eigenvalue weighted by atomic mass is 35.5. The number of benzene rings is 2. The van der Waals surface area contributed by atoms with Crippen molar-refractivity contribution in [3.05, 3.63) is 52.3 Å². The summed E-state index contributed by atoms with van der Waals surface area (Å²) < 4.78 is 12.9. The van der Waals surface area contributed by atoms with E-state index in [0.29, 0.717) is 22.1 Å². The Morgan fingerprint density at radius 3 is 2.47 bits per heavy atom. The van der Waals surface area contributed by atoms with Crippen molar-refractivity contribution >= 4 is 40.3 Å². The van der Waals surface area contributed by atoms with Gasteiger partial charge in [0.05, 0.1) is 22.1 Å². The second-order valence-electron chi connectivity index (χ2n) is 3.48. The number of nitrogens with one attached hydrogen (secondary N) is 1. The Labute approximate surface area is 108 Å². The first-order valence-corrected chi connectivity index (χ1v) is 5.59. The van der Waals surface area contributed by atoms with E-state index >= 15 is 0 Å². The number of hydrogen-bond donors (Lipinski definition) is 2. The van der Waals surface area contributed by atoms with Gasteiger partial charge in [-0.05, 0) is 36.4 Å². The van der Waals surface area contributed by atoms with Gasteiger partial charge in [0.15, 0.2) is 0 Å². The monoisotopic (exact) mass is 270 g/mol. The molecule has 17 heavy (non-hydrogen) atoms. The molecule has 0 saturated carbocycles. The lowest BCUT2D eigenvalue weighted by Gasteiger charge is -2.11. The fraction of sp³-hybridized carbons (Fsp3) is 0. The summed E-state index contributed by atoms with van der Waals surface area (Å²) >= 11 is 11.8. The van der Waals surface area contributed by atoms with E-state index in [1.165, 1.54) is 18.2 Å². The van der Waals surface area contributed by atoms with Crippen LogP contribution in [0.25, 0.3) is 0 Å². The molecule has 0 aliphatic heterocycles. The van der Waals surface area contributed by atoms with E-state index in [1.54, 1.807) is 18.2 Å². The SMILES string of the molecule is Nc1ccc(Cl)cc1Nc1ccc(F)cc1Cl. The van der Waals surface area contributed by atoms with Crippen molar-refractivity contribution in [1.29, 1.82) is 0 Å². The molecule has 0 fully saturated rings. The van der Waals surface area contributed by atoms with Gasteiger partial charge in [-0.3, -0.25) is 0 Å². The molecule has 2 aromatic rings. The average molecular weight is 271 g/mol. The zero-order valence-corrected chi connectivity index (χ0v) is 10.2. The third-order valence-corrected chi connectivity index (χ3v) is 2.76. The van der Waals surface area contributed by atoms with E-state index < -0.39 is 0 Å². The van der Waals surface area contributed by atoms with Gasteiger partial charge in [-0.1, -0.05) is 23.2 Å². The summed E-state index contributed by atoms with van der Waals surface area (Å²) in [5.74, 6) is -0.389. The van der Waals surface area contributed by atoms with Gasteiger partial charge >= 0.3 is 0 Å². The van der Waals surface area contributed by atoms with Crippen LogP contribution in [0.1, 0.15) is 0 Å². The second kappa shape index (κ2) is 4.82. The Morgan fingerprint density at radius 1 is 1.00 bits per heavy atom. The largest absolute Gasteiger partial charge is 0.397 e. The minimum absolute atomic E-state index is 0.282. The fourth-order valence-corrected chi connectivity index (χ4v) is 1.76. The molecule has 2 nitrogen and oxygen atoms in total. The molecular weight excluding hydrogens is 262 g/mol. The van der Waals surface area contributed by atoms with Crippen molar-refractivity contribution < 1.29 is 4.39 Å². The molecule has 0 atom stereocenters. The number of nitrogens with two attached hydrogens (primary N) is 1. The van der Waals surface area contributed by atoms with Crippen molar-refractivity contribution in [2.24, 2.45) is 0 Å². The number of anilines is 3. The molecule has 2 rings (SSSR count). The normalized spacial score (nSPS) is 10.3. The van der Waals surface area contributed by atoms with Crippen LogP contribution in [0, 0.1) is 5.82 Å². The molecule has 0 aromatic heterocycles. The second-order valence-corrected chi connectivity index (χ2v) is 4.32. The summed E-state index contributed by atoms with van der Waals surface area (Å²) in [6, 6.07) is 9.13. The summed E-state index contributed by atoms with van der Waals surface area (Å²) in [6.07, 6.45) is 0. The molecule has 3 N–H and O–H groups in total. The first-order valence-electron chi connectivity index (χ1n) is 4.83. The molecular formula is C12H9Cl2FN2. The first-order chi connectivity index (χ1) is 8.06. The Hall–Kier alpha value is -1.45. The molecule has 0 amide bonds. The third kappa shape index (κ3) is 2.81. The van der Waals surface area contributed by atoms with E-state index in [0.717, 1.165) is 0 Å². The molecule has 88 valence electrons. The highest BCUT2D eigenvalue weighted by Gasteiger charge is 2.05. The predicted octanol–water partition coefficient (Wildman–Crippen LogP) is 4.46. The zero-order valence-electron chi connectivity index (χ0n) is 8.68. The topological polar surface area (TPSA) is 38.0 Å². The number of nitrogen functional groups attached to an aromatic ring is 1. The van der Waals surface area contributed by atoms with Crippen molar-refractivity contribution in [3.63, 3.8) is 0 Å². The molecule has 5 heteroatoms. The van der Waals surface area contributed by atoms with E-state index in [9.17, 15) is 4.39 Å². The smallest absolute Gasteiger partial charge is 0.124 e. The molecule has 0 saturated heterocycles. The van der Waals surface area contributed by atoms with Crippen molar-refractivity contribution in [1.82, 2.24) is 0 Å². The minimum Gasteiger partial charge on any atom is -0.397 e. The molecule has 0 unspecified atom stereocenters. The number of halogens is 3. The maximum atomic E-state index is 12.9. The summed E-state index contributed by atoms with van der Waals surface area (Å²) in [6.45, 7) is 0. The van der Waals surface area contributed by atoms with Crippen molar-refractivity contribution in [2.75, 3.05) is 11.1 Å². The van der Waals surface area contributed by atoms with Crippen LogP contribution < -0.4 is 11.1 Å². The minimum atomic E-state index is -0.389. The van der Waals surface area contributed by atoms with Crippen LogP contribution >= 0.6 is 23.2 Å². The Balaban J connectivity index is 2.34. The van der Waals surface area contributed by atoms with Crippen LogP contribution in [0.15, 0.2) is 36.4 Å². The van der Waals surface area contributed by atoms with Gasteiger partial charge in [0.1, 0.15) is 5.82 Å². The van der Waals surface area contributed by atoms with Crippen LogP contribution in [-0.2, 0) is 0 Å². The number of rotatable bonds is 2. The maximum absolute atomic E-state index is 12.9. The highest BCUT2D eigenvalue weighted by molar-refractivity contribution is 6.33. The number of hydrogen-bond acceptors (Lipinski definition) is 2. The van der Waals surface area contributed by atoms with Crippen LogP contribution in [0.3, 0.4) is 0 Å². The van der Waals surface area contributed by atoms with Crippen LogP contribution in [0.4, 0.5) is 21.5 Å². The first kappa shape index (κ1) is 12.0. The van der Waals surface area contributed by atoms with Crippen molar-refractivity contribution in [2.45, 2.75) is 0 Å². The Bertz CT molecular complexity index is 558. The summed E-state index contributed by atoms with van der Waals surface area (Å²) in [4.78, 5) is 0. The van der Waals surface area contributed by atoms with E-state index in [4.69, 9.17) is 28.9 Å². The quantitative estimate of drug-likeness (QED) is 0.791. The van der Waals surface area contributed by atoms with Crippen molar-refractivity contribution in [3.8, 4) is 0 Å². The van der Waals surface area contributed by atoms with Gasteiger partial charge in [0.2, 0.25) is 0 Å². The molecule has 0 aliphatic rings. The van der Waals surface area contributed by atoms with Crippen LogP contribution in [0.2, 0.25) is 10.0 Å². The van der Waals surface area contributed by atoms with Gasteiger partial charge in [0, 0.05) is 5.02 Å². The van der Waals surface area contributed by atoms with Crippen LogP contribution in [0.5, 0.6) is 0 Å². The fourth-order valence-electron chi connectivity index (χ4n) is 1.37. The molecule has 0 radical (unpaired) electrons.